The van der Waals surface area contributed by atoms with Crippen LogP contribution < -0.4 is 4.90 Å². The van der Waals surface area contributed by atoms with Crippen LogP contribution in [0.5, 0.6) is 5.75 Å². The highest BCUT2D eigenvalue weighted by Gasteiger charge is 2.23. The van der Waals surface area contributed by atoms with Gasteiger partial charge in [0.05, 0.1) is 28.1 Å². The molecule has 3 aromatic heterocycles. The molecular formula is C22H22ClN5OS. The van der Waals surface area contributed by atoms with Crippen molar-refractivity contribution in [2.45, 2.75) is 18.6 Å². The summed E-state index contributed by atoms with van der Waals surface area (Å²) in [4.78, 5) is 11.7. The molecule has 154 valence electrons. The molecule has 0 aliphatic carbocycles. The van der Waals surface area contributed by atoms with Crippen molar-refractivity contribution in [1.82, 2.24) is 19.7 Å². The van der Waals surface area contributed by atoms with Crippen molar-refractivity contribution in [1.29, 1.82) is 0 Å². The molecule has 1 aromatic carbocycles. The first-order valence-electron chi connectivity index (χ1n) is 9.85. The van der Waals surface area contributed by atoms with E-state index in [1.54, 1.807) is 10.7 Å². The van der Waals surface area contributed by atoms with Crippen LogP contribution in [0.15, 0.2) is 30.6 Å². The number of hydrogen-bond acceptors (Lipinski definition) is 6. The number of fused-ring (bicyclic) bond motifs is 2. The minimum Gasteiger partial charge on any atom is -0.507 e. The van der Waals surface area contributed by atoms with Crippen molar-refractivity contribution in [3.8, 4) is 17.0 Å². The van der Waals surface area contributed by atoms with Crippen LogP contribution in [0, 0.1) is 6.92 Å². The summed E-state index contributed by atoms with van der Waals surface area (Å²) < 4.78 is 1.74. The second-order valence-electron chi connectivity index (χ2n) is 7.78. The van der Waals surface area contributed by atoms with Gasteiger partial charge in [-0.05, 0) is 37.8 Å². The van der Waals surface area contributed by atoms with E-state index in [2.05, 4.69) is 27.3 Å². The highest BCUT2D eigenvalue weighted by molar-refractivity contribution is 7.99. The van der Waals surface area contributed by atoms with Gasteiger partial charge in [0.15, 0.2) is 5.65 Å². The minimum atomic E-state index is 0.168. The Morgan fingerprint density at radius 1 is 1.27 bits per heavy atom. The van der Waals surface area contributed by atoms with Crippen LogP contribution in [-0.4, -0.2) is 49.5 Å². The SMILES string of the molecule is CSC1CCN(c2cnc3nc(-c4cc5cn(C)nc5c(C)c4O)cc(Cl)c3c2)C1. The van der Waals surface area contributed by atoms with E-state index >= 15 is 0 Å². The Kier molecular flexibility index (Phi) is 4.75. The lowest BCUT2D eigenvalue weighted by molar-refractivity contribution is 0.474. The van der Waals surface area contributed by atoms with Gasteiger partial charge in [0.25, 0.3) is 0 Å². The Hall–Kier alpha value is -2.51. The number of aryl methyl sites for hydroxylation is 2. The molecule has 1 aliphatic rings. The summed E-state index contributed by atoms with van der Waals surface area (Å²) in [5, 5.41) is 18.2. The molecular weight excluding hydrogens is 418 g/mol. The Labute approximate surface area is 183 Å². The monoisotopic (exact) mass is 439 g/mol. The summed E-state index contributed by atoms with van der Waals surface area (Å²) in [5.41, 5.74) is 4.38. The van der Waals surface area contributed by atoms with E-state index in [-0.39, 0.29) is 5.75 Å². The average molecular weight is 440 g/mol. The molecule has 0 bridgehead atoms. The Morgan fingerprint density at radius 2 is 2.10 bits per heavy atom. The fourth-order valence-corrected chi connectivity index (χ4v) is 5.07. The fraction of sp³-hybridized carbons (Fsp3) is 0.318. The summed E-state index contributed by atoms with van der Waals surface area (Å²) in [6, 6.07) is 5.77. The van der Waals surface area contributed by atoms with Gasteiger partial charge < -0.3 is 10.0 Å². The van der Waals surface area contributed by atoms with Crippen LogP contribution in [-0.2, 0) is 7.05 Å². The summed E-state index contributed by atoms with van der Waals surface area (Å²) in [6.45, 7) is 3.91. The molecule has 0 spiro atoms. The maximum atomic E-state index is 10.8. The molecule has 1 unspecified atom stereocenters. The smallest absolute Gasteiger partial charge is 0.161 e. The number of nitrogens with zero attached hydrogens (tertiary/aromatic N) is 5. The molecule has 1 N–H and O–H groups in total. The van der Waals surface area contributed by atoms with Gasteiger partial charge in [-0.1, -0.05) is 11.6 Å². The number of phenolic OH excluding ortho intramolecular Hbond substituents is 1. The van der Waals surface area contributed by atoms with Gasteiger partial charge >= 0.3 is 0 Å². The molecule has 0 saturated carbocycles. The van der Waals surface area contributed by atoms with Gasteiger partial charge in [-0.25, -0.2) is 9.97 Å². The lowest BCUT2D eigenvalue weighted by Crippen LogP contribution is -2.20. The van der Waals surface area contributed by atoms with Crippen LogP contribution in [0.25, 0.3) is 33.2 Å². The zero-order valence-electron chi connectivity index (χ0n) is 17.1. The number of phenols is 1. The molecule has 1 saturated heterocycles. The number of benzene rings is 1. The highest BCUT2D eigenvalue weighted by Crippen LogP contribution is 2.38. The fourth-order valence-electron chi connectivity index (χ4n) is 4.16. The second kappa shape index (κ2) is 7.32. The number of halogens is 1. The predicted molar refractivity (Wildman–Crippen MR) is 125 cm³/mol. The molecule has 4 heterocycles. The van der Waals surface area contributed by atoms with Gasteiger partial charge in [-0.3, -0.25) is 4.68 Å². The quantitative estimate of drug-likeness (QED) is 0.495. The topological polar surface area (TPSA) is 67.1 Å². The van der Waals surface area contributed by atoms with E-state index in [1.165, 1.54) is 6.42 Å². The van der Waals surface area contributed by atoms with E-state index in [4.69, 9.17) is 16.6 Å². The third-order valence-electron chi connectivity index (χ3n) is 5.84. The maximum absolute atomic E-state index is 10.8. The normalized spacial score (nSPS) is 16.8. The first-order valence-corrected chi connectivity index (χ1v) is 11.5. The van der Waals surface area contributed by atoms with E-state index < -0.39 is 0 Å². The molecule has 4 aromatic rings. The molecule has 1 atom stereocenters. The molecule has 1 aliphatic heterocycles. The summed E-state index contributed by atoms with van der Waals surface area (Å²) >= 11 is 8.57. The minimum absolute atomic E-state index is 0.168. The van der Waals surface area contributed by atoms with Crippen molar-refractivity contribution in [3.63, 3.8) is 0 Å². The predicted octanol–water partition coefficient (Wildman–Crippen LogP) is 4.79. The number of rotatable bonds is 3. The molecule has 6 nitrogen and oxygen atoms in total. The van der Waals surface area contributed by atoms with E-state index in [9.17, 15) is 5.11 Å². The molecule has 1 fully saturated rings. The van der Waals surface area contributed by atoms with Crippen LogP contribution in [0.4, 0.5) is 5.69 Å². The Bertz CT molecular complexity index is 1290. The van der Waals surface area contributed by atoms with Crippen molar-refractivity contribution in [2.24, 2.45) is 7.05 Å². The number of pyridine rings is 2. The third-order valence-corrected chi connectivity index (χ3v) is 7.21. The number of thioether (sulfide) groups is 1. The van der Waals surface area contributed by atoms with Gasteiger partial charge in [-0.2, -0.15) is 16.9 Å². The third kappa shape index (κ3) is 3.17. The van der Waals surface area contributed by atoms with E-state index in [0.717, 1.165) is 40.6 Å². The van der Waals surface area contributed by atoms with E-state index in [1.807, 2.05) is 44.2 Å². The highest BCUT2D eigenvalue weighted by atomic mass is 35.5. The Balaban J connectivity index is 1.59. The van der Waals surface area contributed by atoms with Crippen LogP contribution >= 0.6 is 23.4 Å². The molecule has 30 heavy (non-hydrogen) atoms. The lowest BCUT2D eigenvalue weighted by Gasteiger charge is -2.18. The zero-order chi connectivity index (χ0) is 21.0. The van der Waals surface area contributed by atoms with Crippen LogP contribution in [0.3, 0.4) is 0 Å². The van der Waals surface area contributed by atoms with Crippen LogP contribution in [0.2, 0.25) is 5.02 Å². The van der Waals surface area contributed by atoms with Crippen molar-refractivity contribution in [3.05, 3.63) is 41.2 Å². The number of anilines is 1. The van der Waals surface area contributed by atoms with Crippen molar-refractivity contribution >= 4 is 51.0 Å². The molecule has 0 radical (unpaired) electrons. The van der Waals surface area contributed by atoms with Crippen molar-refractivity contribution in [2.75, 3.05) is 24.2 Å². The average Bonchev–Trinajstić information content (AvgIpc) is 3.36. The number of aromatic hydroxyl groups is 1. The van der Waals surface area contributed by atoms with Gasteiger partial charge in [-0.15, -0.1) is 0 Å². The van der Waals surface area contributed by atoms with Gasteiger partial charge in [0.2, 0.25) is 0 Å². The number of aromatic nitrogens is 4. The van der Waals surface area contributed by atoms with E-state index in [0.29, 0.717) is 27.2 Å². The zero-order valence-corrected chi connectivity index (χ0v) is 18.6. The number of hydrogen-bond donors (Lipinski definition) is 1. The van der Waals surface area contributed by atoms with Gasteiger partial charge in [0, 0.05) is 53.5 Å². The first-order chi connectivity index (χ1) is 14.4. The second-order valence-corrected chi connectivity index (χ2v) is 9.33. The molecule has 5 rings (SSSR count). The Morgan fingerprint density at radius 3 is 2.87 bits per heavy atom. The standard InChI is InChI=1S/C22H22ClN5OS/c1-12-20-13(10-27(2)26-20)6-17(21(12)29)19-8-18(23)16-7-14(9-24-22(16)25-19)28-5-4-15(11-28)30-3/h6-10,15,29H,4-5,11H2,1-3H3. The lowest BCUT2D eigenvalue weighted by atomic mass is 10.0. The summed E-state index contributed by atoms with van der Waals surface area (Å²) in [5.74, 6) is 0.168. The first kappa shape index (κ1) is 19.5. The summed E-state index contributed by atoms with van der Waals surface area (Å²) in [6.07, 6.45) is 7.14. The van der Waals surface area contributed by atoms with Crippen molar-refractivity contribution < 1.29 is 5.11 Å². The summed E-state index contributed by atoms with van der Waals surface area (Å²) in [7, 11) is 1.87. The van der Waals surface area contributed by atoms with Gasteiger partial charge in [0.1, 0.15) is 5.75 Å². The largest absolute Gasteiger partial charge is 0.507 e. The molecule has 0 amide bonds. The molecule has 8 heteroatoms. The van der Waals surface area contributed by atoms with Crippen LogP contribution in [0.1, 0.15) is 12.0 Å². The maximum Gasteiger partial charge on any atom is 0.161 e.